The number of aryl methyl sites for hydroxylation is 1. The third-order valence-corrected chi connectivity index (χ3v) is 3.21. The Balaban J connectivity index is 2.39. The van der Waals surface area contributed by atoms with Crippen LogP contribution in [-0.2, 0) is 14.3 Å². The van der Waals surface area contributed by atoms with Gasteiger partial charge in [0, 0.05) is 12.0 Å². The summed E-state index contributed by atoms with van der Waals surface area (Å²) in [6.45, 7) is 11.2. The van der Waals surface area contributed by atoms with Crippen LogP contribution in [0.4, 0.5) is 0 Å². The molecule has 0 heterocycles. The Morgan fingerprint density at radius 1 is 1.12 bits per heavy atom. The Bertz CT molecular complexity index is 573. The molecule has 5 nitrogen and oxygen atoms in total. The first-order valence-electron chi connectivity index (χ1n) is 8.19. The molecule has 134 valence electrons. The van der Waals surface area contributed by atoms with Crippen LogP contribution in [0.1, 0.15) is 53.0 Å². The minimum Gasteiger partial charge on any atom is -0.484 e. The van der Waals surface area contributed by atoms with Crippen molar-refractivity contribution in [3.63, 3.8) is 0 Å². The fraction of sp³-hybridized carbons (Fsp3) is 0.579. The van der Waals surface area contributed by atoms with Gasteiger partial charge in [-0.05, 0) is 65.7 Å². The second-order valence-corrected chi connectivity index (χ2v) is 7.62. The van der Waals surface area contributed by atoms with E-state index in [0.717, 1.165) is 5.56 Å². The van der Waals surface area contributed by atoms with Gasteiger partial charge in [0.25, 0.3) is 5.91 Å². The van der Waals surface area contributed by atoms with Crippen molar-refractivity contribution < 1.29 is 19.1 Å². The molecule has 0 unspecified atom stereocenters. The van der Waals surface area contributed by atoms with Gasteiger partial charge in [-0.2, -0.15) is 0 Å². The van der Waals surface area contributed by atoms with Gasteiger partial charge >= 0.3 is 5.97 Å². The molecule has 1 amide bonds. The molecule has 1 aromatic carbocycles. The molecule has 0 saturated heterocycles. The highest BCUT2D eigenvalue weighted by Crippen LogP contribution is 2.16. The number of nitrogens with one attached hydrogen (secondary N) is 1. The number of rotatable bonds is 7. The number of amides is 1. The number of esters is 1. The zero-order valence-electron chi connectivity index (χ0n) is 15.6. The molecule has 0 radical (unpaired) electrons. The smallest absolute Gasteiger partial charge is 0.306 e. The maximum atomic E-state index is 12.0. The number of ether oxygens (including phenoxy) is 2. The minimum absolute atomic E-state index is 0.0562. The molecule has 0 saturated carbocycles. The summed E-state index contributed by atoms with van der Waals surface area (Å²) in [4.78, 5) is 23.8. The first-order valence-corrected chi connectivity index (χ1v) is 8.19. The molecule has 0 fully saturated rings. The number of carbonyl (C=O) groups is 2. The van der Waals surface area contributed by atoms with Gasteiger partial charge in [0.05, 0.1) is 0 Å². The van der Waals surface area contributed by atoms with Gasteiger partial charge in [0.15, 0.2) is 6.61 Å². The van der Waals surface area contributed by atoms with E-state index in [1.807, 2.05) is 65.8 Å². The van der Waals surface area contributed by atoms with E-state index in [9.17, 15) is 9.59 Å². The number of carbonyl (C=O) groups excluding carboxylic acids is 2. The van der Waals surface area contributed by atoms with Gasteiger partial charge in [0.2, 0.25) is 0 Å². The molecule has 0 bridgehead atoms. The summed E-state index contributed by atoms with van der Waals surface area (Å²) < 4.78 is 10.8. The van der Waals surface area contributed by atoms with Crippen LogP contribution in [0.3, 0.4) is 0 Å². The minimum atomic E-state index is -0.510. The summed E-state index contributed by atoms with van der Waals surface area (Å²) in [7, 11) is 0. The molecule has 24 heavy (non-hydrogen) atoms. The van der Waals surface area contributed by atoms with E-state index in [-0.39, 0.29) is 24.9 Å². The van der Waals surface area contributed by atoms with Gasteiger partial charge in [0.1, 0.15) is 11.4 Å². The molecule has 0 atom stereocenters. The van der Waals surface area contributed by atoms with Crippen molar-refractivity contribution in [2.24, 2.45) is 0 Å². The molecular weight excluding hydrogens is 306 g/mol. The Labute approximate surface area is 144 Å². The lowest BCUT2D eigenvalue weighted by Crippen LogP contribution is -2.45. The summed E-state index contributed by atoms with van der Waals surface area (Å²) in [6, 6.07) is 7.54. The Hall–Kier alpha value is -2.04. The normalized spacial score (nSPS) is 11.8. The molecule has 1 N–H and O–H groups in total. The highest BCUT2D eigenvalue weighted by molar-refractivity contribution is 5.78. The number of benzene rings is 1. The van der Waals surface area contributed by atoms with Gasteiger partial charge in [-0.1, -0.05) is 12.1 Å². The highest BCUT2D eigenvalue weighted by atomic mass is 16.6. The van der Waals surface area contributed by atoms with Crippen LogP contribution in [0.15, 0.2) is 24.3 Å². The van der Waals surface area contributed by atoms with E-state index in [2.05, 4.69) is 5.32 Å². The fourth-order valence-electron chi connectivity index (χ4n) is 2.14. The number of hydrogen-bond acceptors (Lipinski definition) is 4. The van der Waals surface area contributed by atoms with E-state index >= 15 is 0 Å². The van der Waals surface area contributed by atoms with E-state index in [0.29, 0.717) is 12.2 Å². The van der Waals surface area contributed by atoms with Gasteiger partial charge in [-0.25, -0.2) is 0 Å². The summed E-state index contributed by atoms with van der Waals surface area (Å²) in [5, 5.41) is 2.89. The van der Waals surface area contributed by atoms with Crippen molar-refractivity contribution >= 4 is 11.9 Å². The lowest BCUT2D eigenvalue weighted by Gasteiger charge is -2.27. The van der Waals surface area contributed by atoms with Crippen LogP contribution in [0.25, 0.3) is 0 Å². The van der Waals surface area contributed by atoms with E-state index < -0.39 is 11.1 Å². The van der Waals surface area contributed by atoms with Crippen LogP contribution in [0, 0.1) is 6.92 Å². The van der Waals surface area contributed by atoms with Gasteiger partial charge < -0.3 is 14.8 Å². The Morgan fingerprint density at radius 3 is 2.38 bits per heavy atom. The molecule has 0 aliphatic heterocycles. The molecule has 1 rings (SSSR count). The topological polar surface area (TPSA) is 64.6 Å². The Morgan fingerprint density at radius 2 is 1.79 bits per heavy atom. The molecular formula is C19H29NO4. The van der Waals surface area contributed by atoms with Crippen molar-refractivity contribution in [1.29, 1.82) is 0 Å². The van der Waals surface area contributed by atoms with Crippen LogP contribution in [0.5, 0.6) is 5.75 Å². The van der Waals surface area contributed by atoms with E-state index in [1.54, 1.807) is 0 Å². The maximum Gasteiger partial charge on any atom is 0.306 e. The largest absolute Gasteiger partial charge is 0.484 e. The highest BCUT2D eigenvalue weighted by Gasteiger charge is 2.24. The van der Waals surface area contributed by atoms with Crippen molar-refractivity contribution in [2.45, 2.75) is 65.5 Å². The summed E-state index contributed by atoms with van der Waals surface area (Å²) in [5.41, 5.74) is 0.0707. The lowest BCUT2D eigenvalue weighted by atomic mass is 9.98. The molecule has 0 aliphatic carbocycles. The van der Waals surface area contributed by atoms with Crippen LogP contribution in [-0.4, -0.2) is 29.6 Å². The fourth-order valence-corrected chi connectivity index (χ4v) is 2.14. The van der Waals surface area contributed by atoms with Gasteiger partial charge in [-0.15, -0.1) is 0 Å². The lowest BCUT2D eigenvalue weighted by molar-refractivity contribution is -0.155. The van der Waals surface area contributed by atoms with Crippen LogP contribution >= 0.6 is 0 Å². The predicted molar refractivity (Wildman–Crippen MR) is 94.0 cm³/mol. The number of hydrogen-bond donors (Lipinski definition) is 1. The summed E-state index contributed by atoms with van der Waals surface area (Å²) in [5.74, 6) is 0.184. The summed E-state index contributed by atoms with van der Waals surface area (Å²) >= 11 is 0. The van der Waals surface area contributed by atoms with E-state index in [1.165, 1.54) is 0 Å². The first kappa shape index (κ1) is 20.0. The van der Waals surface area contributed by atoms with Crippen molar-refractivity contribution in [2.75, 3.05) is 6.61 Å². The second kappa shape index (κ2) is 8.18. The summed E-state index contributed by atoms with van der Waals surface area (Å²) in [6.07, 6.45) is 0.751. The zero-order chi connectivity index (χ0) is 18.4. The maximum absolute atomic E-state index is 12.0. The SMILES string of the molecule is Cc1cccc(OCC(=O)NC(C)(C)CCC(=O)OC(C)(C)C)c1. The molecule has 5 heteroatoms. The first-order chi connectivity index (χ1) is 11.0. The molecule has 1 aromatic rings. The average Bonchev–Trinajstić information content (AvgIpc) is 2.41. The third kappa shape index (κ3) is 8.56. The second-order valence-electron chi connectivity index (χ2n) is 7.62. The average molecular weight is 335 g/mol. The predicted octanol–water partition coefficient (Wildman–Crippen LogP) is 3.39. The van der Waals surface area contributed by atoms with Crippen molar-refractivity contribution in [3.05, 3.63) is 29.8 Å². The quantitative estimate of drug-likeness (QED) is 0.776. The molecule has 0 aromatic heterocycles. The van der Waals surface area contributed by atoms with Gasteiger partial charge in [-0.3, -0.25) is 9.59 Å². The van der Waals surface area contributed by atoms with Crippen LogP contribution in [0.2, 0.25) is 0 Å². The Kier molecular flexibility index (Phi) is 6.81. The van der Waals surface area contributed by atoms with Crippen molar-refractivity contribution in [3.8, 4) is 5.75 Å². The molecule has 0 aliphatic rings. The third-order valence-electron chi connectivity index (χ3n) is 3.21. The molecule has 0 spiro atoms. The van der Waals surface area contributed by atoms with E-state index in [4.69, 9.17) is 9.47 Å². The zero-order valence-corrected chi connectivity index (χ0v) is 15.6. The monoisotopic (exact) mass is 335 g/mol. The standard InChI is InChI=1S/C19H29NO4/c1-14-8-7-9-15(12-14)23-13-16(21)20-19(5,6)11-10-17(22)24-18(2,3)4/h7-9,12H,10-11,13H2,1-6H3,(H,20,21). The van der Waals surface area contributed by atoms with Crippen LogP contribution < -0.4 is 10.1 Å². The van der Waals surface area contributed by atoms with Crippen molar-refractivity contribution in [1.82, 2.24) is 5.32 Å².